The molecule has 0 bridgehead atoms. The van der Waals surface area contributed by atoms with Crippen LogP contribution in [-0.2, 0) is 22.5 Å². The number of piperazine rings is 1. The summed E-state index contributed by atoms with van der Waals surface area (Å²) in [5.74, 6) is 0.133. The van der Waals surface area contributed by atoms with Crippen LogP contribution in [0.4, 0.5) is 0 Å². The van der Waals surface area contributed by atoms with Crippen molar-refractivity contribution < 1.29 is 9.53 Å². The van der Waals surface area contributed by atoms with E-state index < -0.39 is 0 Å². The van der Waals surface area contributed by atoms with E-state index in [1.54, 1.807) is 11.3 Å². The van der Waals surface area contributed by atoms with Crippen molar-refractivity contribution in [1.29, 1.82) is 0 Å². The Hall–Kier alpha value is -0.440. The highest BCUT2D eigenvalue weighted by Gasteiger charge is 2.29. The van der Waals surface area contributed by atoms with Crippen LogP contribution in [0, 0.1) is 0 Å². The summed E-state index contributed by atoms with van der Waals surface area (Å²) in [6.07, 6.45) is 0.702. The lowest BCUT2D eigenvalue weighted by molar-refractivity contribution is -0.147. The average molecular weight is 397 g/mol. The maximum Gasteiger partial charge on any atom is 0.253 e. The van der Waals surface area contributed by atoms with Crippen molar-refractivity contribution in [2.24, 2.45) is 0 Å². The van der Waals surface area contributed by atoms with Crippen molar-refractivity contribution in [2.45, 2.75) is 26.0 Å². The second kappa shape index (κ2) is 10.5. The number of hydrogen-bond acceptors (Lipinski definition) is 6. The molecule has 6 nitrogen and oxygen atoms in total. The molecule has 1 unspecified atom stereocenters. The summed E-state index contributed by atoms with van der Waals surface area (Å²) in [4.78, 5) is 21.3. The first-order valence-electron chi connectivity index (χ1n) is 8.03. The molecular weight excluding hydrogens is 371 g/mol. The van der Waals surface area contributed by atoms with E-state index in [9.17, 15) is 4.79 Å². The van der Waals surface area contributed by atoms with Crippen molar-refractivity contribution in [3.05, 3.63) is 16.1 Å². The molecule has 0 radical (unpaired) electrons. The van der Waals surface area contributed by atoms with Crippen molar-refractivity contribution in [3.8, 4) is 0 Å². The molecule has 2 saturated heterocycles. The number of aromatic nitrogens is 1. The van der Waals surface area contributed by atoms with Crippen LogP contribution >= 0.6 is 36.2 Å². The van der Waals surface area contributed by atoms with Crippen LogP contribution in [0.15, 0.2) is 5.38 Å². The van der Waals surface area contributed by atoms with E-state index in [1.807, 2.05) is 4.90 Å². The standard InChI is InChI=1S/C15H24N4O2S.2ClH/c1-2-14-17-12(11-22-14)10-18-4-6-19(7-5-18)15(20)13-9-16-3-8-21-13;;/h11,13,16H,2-10H2,1H3;2*1H. The predicted octanol–water partition coefficient (Wildman–Crippen LogP) is 1.18. The summed E-state index contributed by atoms with van der Waals surface area (Å²) < 4.78 is 5.55. The Morgan fingerprint density at radius 3 is 2.71 bits per heavy atom. The first-order valence-corrected chi connectivity index (χ1v) is 8.91. The van der Waals surface area contributed by atoms with Crippen molar-refractivity contribution in [1.82, 2.24) is 20.1 Å². The van der Waals surface area contributed by atoms with E-state index in [4.69, 9.17) is 4.74 Å². The minimum absolute atomic E-state index is 0. The summed E-state index contributed by atoms with van der Waals surface area (Å²) in [6.45, 7) is 8.50. The van der Waals surface area contributed by atoms with Gasteiger partial charge in [0, 0.05) is 51.2 Å². The Bertz CT molecular complexity index is 503. The Kier molecular flexibility index (Phi) is 9.48. The van der Waals surface area contributed by atoms with Crippen LogP contribution in [0.2, 0.25) is 0 Å². The molecule has 1 atom stereocenters. The van der Waals surface area contributed by atoms with Gasteiger partial charge in [0.05, 0.1) is 17.3 Å². The number of halogens is 2. The molecule has 1 N–H and O–H groups in total. The number of nitrogens with zero attached hydrogens (tertiary/aromatic N) is 3. The summed E-state index contributed by atoms with van der Waals surface area (Å²) in [5.41, 5.74) is 1.15. The Morgan fingerprint density at radius 1 is 1.38 bits per heavy atom. The first-order chi connectivity index (χ1) is 10.8. The van der Waals surface area contributed by atoms with Crippen LogP contribution in [-0.4, -0.2) is 72.7 Å². The predicted molar refractivity (Wildman–Crippen MR) is 100 cm³/mol. The maximum absolute atomic E-state index is 12.4. The molecule has 0 aliphatic carbocycles. The molecule has 0 saturated carbocycles. The number of morpholine rings is 1. The molecule has 2 aliphatic heterocycles. The third kappa shape index (κ3) is 5.54. The lowest BCUT2D eigenvalue weighted by atomic mass is 10.2. The van der Waals surface area contributed by atoms with Gasteiger partial charge in [-0.15, -0.1) is 36.2 Å². The van der Waals surface area contributed by atoms with Crippen LogP contribution < -0.4 is 5.32 Å². The number of nitrogens with one attached hydrogen (secondary N) is 1. The molecule has 138 valence electrons. The van der Waals surface area contributed by atoms with Crippen LogP contribution in [0.25, 0.3) is 0 Å². The molecule has 0 spiro atoms. The molecule has 1 aromatic heterocycles. The zero-order chi connectivity index (χ0) is 15.4. The van der Waals surface area contributed by atoms with Crippen LogP contribution in [0.3, 0.4) is 0 Å². The monoisotopic (exact) mass is 396 g/mol. The first kappa shape index (κ1) is 21.6. The van der Waals surface area contributed by atoms with Gasteiger partial charge in [0.15, 0.2) is 0 Å². The summed E-state index contributed by atoms with van der Waals surface area (Å²) in [6, 6.07) is 0. The lowest BCUT2D eigenvalue weighted by Crippen LogP contribution is -2.54. The number of rotatable bonds is 4. The van der Waals surface area contributed by atoms with Gasteiger partial charge in [-0.2, -0.15) is 0 Å². The van der Waals surface area contributed by atoms with Gasteiger partial charge in [0.2, 0.25) is 0 Å². The molecule has 24 heavy (non-hydrogen) atoms. The second-order valence-corrected chi connectivity index (χ2v) is 6.69. The number of carbonyl (C=O) groups is 1. The smallest absolute Gasteiger partial charge is 0.253 e. The highest BCUT2D eigenvalue weighted by molar-refractivity contribution is 7.09. The quantitative estimate of drug-likeness (QED) is 0.827. The maximum atomic E-state index is 12.4. The van der Waals surface area contributed by atoms with Gasteiger partial charge in [-0.3, -0.25) is 9.69 Å². The van der Waals surface area contributed by atoms with E-state index in [-0.39, 0.29) is 36.8 Å². The lowest BCUT2D eigenvalue weighted by Gasteiger charge is -2.36. The van der Waals surface area contributed by atoms with Gasteiger partial charge in [0.25, 0.3) is 5.91 Å². The third-order valence-electron chi connectivity index (χ3n) is 4.17. The molecule has 1 aromatic rings. The zero-order valence-corrected chi connectivity index (χ0v) is 16.4. The molecular formula is C15H26Cl2N4O2S. The molecule has 0 aromatic carbocycles. The van der Waals surface area contributed by atoms with Crippen LogP contribution in [0.1, 0.15) is 17.6 Å². The number of thiazole rings is 1. The number of aryl methyl sites for hydroxylation is 1. The van der Waals surface area contributed by atoms with Gasteiger partial charge in [0.1, 0.15) is 6.10 Å². The molecule has 2 aliphatic rings. The topological polar surface area (TPSA) is 57.7 Å². The summed E-state index contributed by atoms with van der Waals surface area (Å²) in [7, 11) is 0. The zero-order valence-electron chi connectivity index (χ0n) is 13.9. The van der Waals surface area contributed by atoms with Crippen molar-refractivity contribution >= 4 is 42.1 Å². The fourth-order valence-corrected chi connectivity index (χ4v) is 3.60. The van der Waals surface area contributed by atoms with E-state index in [0.29, 0.717) is 13.2 Å². The second-order valence-electron chi connectivity index (χ2n) is 5.75. The van der Waals surface area contributed by atoms with Gasteiger partial charge < -0.3 is 15.0 Å². The van der Waals surface area contributed by atoms with E-state index >= 15 is 0 Å². The Balaban J connectivity index is 0.00000144. The molecule has 3 rings (SSSR count). The summed E-state index contributed by atoms with van der Waals surface area (Å²) >= 11 is 1.74. The van der Waals surface area contributed by atoms with Gasteiger partial charge >= 0.3 is 0 Å². The number of hydrogen-bond donors (Lipinski definition) is 1. The highest BCUT2D eigenvalue weighted by atomic mass is 35.5. The van der Waals surface area contributed by atoms with Gasteiger partial charge in [-0.05, 0) is 6.42 Å². The normalized spacial score (nSPS) is 21.7. The number of amides is 1. The molecule has 1 amide bonds. The van der Waals surface area contributed by atoms with Crippen molar-refractivity contribution in [3.63, 3.8) is 0 Å². The molecule has 3 heterocycles. The van der Waals surface area contributed by atoms with Gasteiger partial charge in [-0.25, -0.2) is 4.98 Å². The summed E-state index contributed by atoms with van der Waals surface area (Å²) in [5, 5.41) is 6.56. The van der Waals surface area contributed by atoms with E-state index in [1.165, 1.54) is 5.01 Å². The SMILES string of the molecule is CCc1nc(CN2CCN(C(=O)C3CNCCO3)CC2)cs1.Cl.Cl. The largest absolute Gasteiger partial charge is 0.366 e. The van der Waals surface area contributed by atoms with Crippen LogP contribution in [0.5, 0.6) is 0 Å². The fraction of sp³-hybridized carbons (Fsp3) is 0.733. The molecule has 9 heteroatoms. The van der Waals surface area contributed by atoms with E-state index in [2.05, 4.69) is 27.5 Å². The minimum atomic E-state index is -0.300. The molecule has 2 fully saturated rings. The Labute approximate surface area is 159 Å². The minimum Gasteiger partial charge on any atom is -0.366 e. The Morgan fingerprint density at radius 2 is 2.12 bits per heavy atom. The third-order valence-corrected chi connectivity index (χ3v) is 5.22. The van der Waals surface area contributed by atoms with Crippen molar-refractivity contribution in [2.75, 3.05) is 45.9 Å². The number of carbonyl (C=O) groups excluding carboxylic acids is 1. The average Bonchev–Trinajstić information content (AvgIpc) is 3.03. The number of ether oxygens (including phenoxy) is 1. The van der Waals surface area contributed by atoms with Gasteiger partial charge in [-0.1, -0.05) is 6.92 Å². The fourth-order valence-electron chi connectivity index (χ4n) is 2.87. The van der Waals surface area contributed by atoms with E-state index in [0.717, 1.165) is 51.4 Å². The highest BCUT2D eigenvalue weighted by Crippen LogP contribution is 2.14.